The molecule has 0 bridgehead atoms. The summed E-state index contributed by atoms with van der Waals surface area (Å²) in [5, 5.41) is 19.2. The van der Waals surface area contributed by atoms with Crippen LogP contribution in [0.3, 0.4) is 0 Å². The van der Waals surface area contributed by atoms with Crippen molar-refractivity contribution < 1.29 is 28.8 Å². The summed E-state index contributed by atoms with van der Waals surface area (Å²) in [6.07, 6.45) is 0.750. The summed E-state index contributed by atoms with van der Waals surface area (Å²) in [4.78, 5) is 26.4. The van der Waals surface area contributed by atoms with E-state index in [0.717, 1.165) is 5.56 Å². The highest BCUT2D eigenvalue weighted by Gasteiger charge is 2.41. The number of rotatable bonds is 6. The van der Waals surface area contributed by atoms with Crippen molar-refractivity contribution in [3.05, 3.63) is 68.6 Å². The smallest absolute Gasteiger partial charge is 0.270 e. The van der Waals surface area contributed by atoms with E-state index in [2.05, 4.69) is 15.5 Å². The van der Waals surface area contributed by atoms with E-state index in [1.54, 1.807) is 33.5 Å². The maximum atomic E-state index is 13.7. The normalized spacial score (nSPS) is 18.7. The van der Waals surface area contributed by atoms with Crippen LogP contribution in [-0.4, -0.2) is 49.5 Å². The van der Waals surface area contributed by atoms with Crippen LogP contribution in [0.4, 0.5) is 5.82 Å². The average molecular weight is 494 g/mol. The van der Waals surface area contributed by atoms with Gasteiger partial charge in [0.1, 0.15) is 5.82 Å². The van der Waals surface area contributed by atoms with Crippen molar-refractivity contribution in [2.75, 3.05) is 33.8 Å². The van der Waals surface area contributed by atoms with Crippen LogP contribution in [0.2, 0.25) is 0 Å². The molecule has 2 heterocycles. The van der Waals surface area contributed by atoms with Crippen molar-refractivity contribution in [3.63, 3.8) is 0 Å². The number of Topliss-reactive ketones (excluding diaryl/α,β-unsaturated/α-hetero) is 1. The molecule has 1 aliphatic carbocycles. The van der Waals surface area contributed by atoms with Gasteiger partial charge in [-0.3, -0.25) is 19.8 Å². The van der Waals surface area contributed by atoms with Crippen LogP contribution in [-0.2, 0) is 4.79 Å². The van der Waals surface area contributed by atoms with Crippen molar-refractivity contribution in [2.24, 2.45) is 0 Å². The third kappa shape index (κ3) is 3.65. The van der Waals surface area contributed by atoms with E-state index in [1.165, 1.54) is 13.2 Å². The molecule has 0 radical (unpaired) electrons. The molecule has 1 aliphatic heterocycles. The monoisotopic (exact) mass is 493 g/mol. The van der Waals surface area contributed by atoms with Gasteiger partial charge in [0.05, 0.1) is 34.0 Å². The molecule has 1 aromatic heterocycles. The fourth-order valence-corrected chi connectivity index (χ4v) is 5.21. The molecule has 0 spiro atoms. The molecular formula is C26H27N3O7. The van der Waals surface area contributed by atoms with E-state index in [9.17, 15) is 14.7 Å². The third-order valence-corrected chi connectivity index (χ3v) is 6.87. The molecule has 2 aliphatic rings. The summed E-state index contributed by atoms with van der Waals surface area (Å²) in [5.74, 6) is 1.36. The highest BCUT2D eigenvalue weighted by Crippen LogP contribution is 2.49. The summed E-state index contributed by atoms with van der Waals surface area (Å²) < 4.78 is 21.6. The van der Waals surface area contributed by atoms with E-state index in [1.807, 2.05) is 12.1 Å². The number of methoxy groups -OCH3 is 4. The standard InChI is InChI=1S/C26H27N3O7/c1-33-18-6-5-12(8-16(18)30)21-22-15(27-25-23(21)26(32)29-28-25)7-13(9-17(22)31)14-10-19(34-2)24(36-4)20(11-14)35-3/h5-6,8,10-11,13,21,30H,7,9H2,1-4H3,(H3,27,28,29,32)/t13-,21-/m1/s1. The number of benzene rings is 2. The quantitative estimate of drug-likeness (QED) is 0.410. The van der Waals surface area contributed by atoms with E-state index in [0.29, 0.717) is 57.6 Å². The van der Waals surface area contributed by atoms with Gasteiger partial charge in [0.2, 0.25) is 5.75 Å². The number of ketones is 1. The molecule has 10 nitrogen and oxygen atoms in total. The lowest BCUT2D eigenvalue weighted by molar-refractivity contribution is -0.116. The number of hydrogen-bond acceptors (Lipinski definition) is 8. The fourth-order valence-electron chi connectivity index (χ4n) is 5.21. The number of phenols is 1. The molecule has 188 valence electrons. The molecule has 0 saturated heterocycles. The number of allylic oxidation sites excluding steroid dienone is 2. The van der Waals surface area contributed by atoms with Crippen LogP contribution >= 0.6 is 0 Å². The molecule has 36 heavy (non-hydrogen) atoms. The molecule has 4 N–H and O–H groups in total. The van der Waals surface area contributed by atoms with E-state index in [4.69, 9.17) is 18.9 Å². The van der Waals surface area contributed by atoms with Gasteiger partial charge in [0, 0.05) is 23.6 Å². The van der Waals surface area contributed by atoms with Crippen molar-refractivity contribution in [1.29, 1.82) is 0 Å². The van der Waals surface area contributed by atoms with Gasteiger partial charge in [0.15, 0.2) is 28.8 Å². The lowest BCUT2D eigenvalue weighted by Crippen LogP contribution is -2.31. The number of ether oxygens (including phenoxy) is 4. The SMILES string of the molecule is COc1ccc([C@@H]2C3=C(C[C@@H](c4cc(OC)c(OC)c(OC)c4)CC3=O)Nc3[nH][nH]c(=O)c32)cc1O. The maximum Gasteiger partial charge on any atom is 0.270 e. The van der Waals surface area contributed by atoms with Crippen LogP contribution in [0.15, 0.2) is 46.4 Å². The minimum absolute atomic E-state index is 0.0669. The van der Waals surface area contributed by atoms with Gasteiger partial charge in [-0.1, -0.05) is 6.07 Å². The molecule has 3 aromatic rings. The second-order valence-corrected chi connectivity index (χ2v) is 8.74. The topological polar surface area (TPSA) is 135 Å². The maximum absolute atomic E-state index is 13.7. The largest absolute Gasteiger partial charge is 0.504 e. The minimum Gasteiger partial charge on any atom is -0.504 e. The third-order valence-electron chi connectivity index (χ3n) is 6.87. The highest BCUT2D eigenvalue weighted by molar-refractivity contribution is 6.01. The predicted octanol–water partition coefficient (Wildman–Crippen LogP) is 3.40. The van der Waals surface area contributed by atoms with Crippen LogP contribution in [0.25, 0.3) is 0 Å². The van der Waals surface area contributed by atoms with Crippen LogP contribution in [0, 0.1) is 0 Å². The summed E-state index contributed by atoms with van der Waals surface area (Å²) in [6.45, 7) is 0. The van der Waals surface area contributed by atoms with Gasteiger partial charge in [0.25, 0.3) is 5.56 Å². The summed E-state index contributed by atoms with van der Waals surface area (Å²) >= 11 is 0. The van der Waals surface area contributed by atoms with Gasteiger partial charge >= 0.3 is 0 Å². The average Bonchev–Trinajstić information content (AvgIpc) is 3.26. The second-order valence-electron chi connectivity index (χ2n) is 8.74. The van der Waals surface area contributed by atoms with Crippen LogP contribution < -0.4 is 29.8 Å². The molecular weight excluding hydrogens is 466 g/mol. The number of fused-ring (bicyclic) bond motifs is 1. The zero-order chi connectivity index (χ0) is 25.6. The zero-order valence-electron chi connectivity index (χ0n) is 20.4. The molecule has 0 amide bonds. The summed E-state index contributed by atoms with van der Waals surface area (Å²) in [5.41, 5.74) is 2.79. The number of phenolic OH excluding ortho intramolecular Hbond substituents is 1. The Morgan fingerprint density at radius 2 is 1.53 bits per heavy atom. The van der Waals surface area contributed by atoms with Gasteiger partial charge in [-0.25, -0.2) is 0 Å². The van der Waals surface area contributed by atoms with Crippen LogP contribution in [0.5, 0.6) is 28.7 Å². The van der Waals surface area contributed by atoms with E-state index >= 15 is 0 Å². The zero-order valence-corrected chi connectivity index (χ0v) is 20.4. The molecule has 0 saturated carbocycles. The van der Waals surface area contributed by atoms with Crippen molar-refractivity contribution in [3.8, 4) is 28.7 Å². The highest BCUT2D eigenvalue weighted by atomic mass is 16.5. The van der Waals surface area contributed by atoms with Crippen molar-refractivity contribution in [2.45, 2.75) is 24.7 Å². The van der Waals surface area contributed by atoms with Gasteiger partial charge in [-0.2, -0.15) is 0 Å². The number of hydrogen-bond donors (Lipinski definition) is 4. The van der Waals surface area contributed by atoms with Crippen LogP contribution in [0.1, 0.15) is 41.4 Å². The first kappa shape index (κ1) is 23.4. The Kier molecular flexibility index (Phi) is 5.87. The first-order valence-corrected chi connectivity index (χ1v) is 11.4. The molecule has 10 heteroatoms. The molecule has 5 rings (SSSR count). The van der Waals surface area contributed by atoms with Gasteiger partial charge < -0.3 is 29.4 Å². The number of carbonyl (C=O) groups excluding carboxylic acids is 1. The van der Waals surface area contributed by atoms with E-state index in [-0.39, 0.29) is 29.4 Å². The lowest BCUT2D eigenvalue weighted by atomic mass is 9.72. The van der Waals surface area contributed by atoms with Gasteiger partial charge in [-0.15, -0.1) is 0 Å². The Morgan fingerprint density at radius 1 is 0.833 bits per heavy atom. The molecule has 0 unspecified atom stereocenters. The summed E-state index contributed by atoms with van der Waals surface area (Å²) in [6, 6.07) is 8.63. The molecule has 0 fully saturated rings. The lowest BCUT2D eigenvalue weighted by Gasteiger charge is -2.34. The summed E-state index contributed by atoms with van der Waals surface area (Å²) in [7, 11) is 6.10. The Hall–Kier alpha value is -4.34. The first-order chi connectivity index (χ1) is 17.4. The molecule has 2 aromatic carbocycles. The van der Waals surface area contributed by atoms with Gasteiger partial charge in [-0.05, 0) is 47.7 Å². The first-order valence-electron chi connectivity index (χ1n) is 11.4. The Morgan fingerprint density at radius 3 is 2.14 bits per heavy atom. The van der Waals surface area contributed by atoms with Crippen molar-refractivity contribution >= 4 is 11.6 Å². The predicted molar refractivity (Wildman–Crippen MR) is 132 cm³/mol. The Balaban J connectivity index is 1.60. The number of carbonyl (C=O) groups is 1. The fraction of sp³-hybridized carbons (Fsp3) is 0.308. The number of nitrogens with one attached hydrogen (secondary N) is 3. The number of anilines is 1. The Labute approximate surface area is 206 Å². The van der Waals surface area contributed by atoms with E-state index < -0.39 is 5.92 Å². The molecule has 2 atom stereocenters. The number of aromatic amines is 2. The number of H-pyrrole nitrogens is 2. The number of aromatic hydroxyl groups is 1. The number of aromatic nitrogens is 2. The minimum atomic E-state index is -0.642. The van der Waals surface area contributed by atoms with Crippen molar-refractivity contribution in [1.82, 2.24) is 10.2 Å². The Bertz CT molecular complexity index is 1410. The second kappa shape index (κ2) is 9.03.